The molecule has 0 saturated heterocycles. The second kappa shape index (κ2) is 12.4. The number of esters is 1. The lowest BCUT2D eigenvalue weighted by Crippen LogP contribution is -2.43. The molecule has 132 valence electrons. The maximum absolute atomic E-state index is 11.7. The van der Waals surface area contributed by atoms with Crippen LogP contribution in [0.1, 0.15) is 47.5 Å². The molecule has 0 aromatic carbocycles. The van der Waals surface area contributed by atoms with Gasteiger partial charge in [-0.2, -0.15) is 9.59 Å². The van der Waals surface area contributed by atoms with E-state index in [1.807, 2.05) is 12.2 Å². The van der Waals surface area contributed by atoms with Crippen molar-refractivity contribution in [1.29, 1.82) is 0 Å². The van der Waals surface area contributed by atoms with Gasteiger partial charge in [-0.3, -0.25) is 0 Å². The zero-order chi connectivity index (χ0) is 18.5. The summed E-state index contributed by atoms with van der Waals surface area (Å²) in [6.45, 7) is 9.52. The van der Waals surface area contributed by atoms with Crippen LogP contribution in [0.5, 0.6) is 0 Å². The molecule has 0 aliphatic carbocycles. The van der Waals surface area contributed by atoms with Crippen molar-refractivity contribution < 1.29 is 28.7 Å². The van der Waals surface area contributed by atoms with Crippen molar-refractivity contribution >= 4 is 18.2 Å². The van der Waals surface area contributed by atoms with Gasteiger partial charge < -0.3 is 14.8 Å². The summed E-state index contributed by atoms with van der Waals surface area (Å²) in [6, 6.07) is -0.724. The highest BCUT2D eigenvalue weighted by Gasteiger charge is 2.23. The van der Waals surface area contributed by atoms with Crippen molar-refractivity contribution in [2.45, 2.75) is 59.1 Å². The fourth-order valence-electron chi connectivity index (χ4n) is 1.41. The first-order valence-electron chi connectivity index (χ1n) is 7.29. The number of hydrogen-bond donors (Lipinski definition) is 1. The molecule has 0 aliphatic rings. The predicted octanol–water partition coefficient (Wildman–Crippen LogP) is 2.46. The lowest BCUT2D eigenvalue weighted by Gasteiger charge is -2.22. The topological polar surface area (TPSA) is 98.8 Å². The van der Waals surface area contributed by atoms with Gasteiger partial charge in [-0.1, -0.05) is 26.0 Å². The quantitative estimate of drug-likeness (QED) is 0.593. The van der Waals surface area contributed by atoms with Crippen molar-refractivity contribution in [1.82, 2.24) is 5.32 Å². The van der Waals surface area contributed by atoms with Gasteiger partial charge in [0.15, 0.2) is 0 Å². The first-order valence-corrected chi connectivity index (χ1v) is 7.29. The Morgan fingerprint density at radius 3 is 2.00 bits per heavy atom. The Hall–Kier alpha value is -2.14. The number of hydrogen-bond acceptors (Lipinski definition) is 6. The number of rotatable bonds is 6. The standard InChI is InChI=1S/C15H27NO4.CO2/c1-11(2)9-7-8-10-12(13(17)19-6)16-14(18)20-15(3,4)5;2-1-3/h7-8,11-12H,9-10H2,1-6H3,(H,16,18);/b8-7-;. The minimum absolute atomic E-state index is 0.250. The normalized spacial score (nSPS) is 12.0. The number of ether oxygens (including phenoxy) is 2. The van der Waals surface area contributed by atoms with Crippen molar-refractivity contribution in [3.8, 4) is 0 Å². The molecule has 0 aromatic rings. The lowest BCUT2D eigenvalue weighted by molar-refractivity contribution is -0.191. The average molecular weight is 329 g/mol. The van der Waals surface area contributed by atoms with Crippen LogP contribution in [0.2, 0.25) is 0 Å². The maximum Gasteiger partial charge on any atom is 0.408 e. The minimum Gasteiger partial charge on any atom is -0.467 e. The van der Waals surface area contributed by atoms with E-state index >= 15 is 0 Å². The highest BCUT2D eigenvalue weighted by Crippen LogP contribution is 2.08. The Bertz CT molecular complexity index is 417. The van der Waals surface area contributed by atoms with Crippen LogP contribution >= 0.6 is 0 Å². The summed E-state index contributed by atoms with van der Waals surface area (Å²) in [6.07, 6.45) is 4.82. The Kier molecular flexibility index (Phi) is 12.5. The van der Waals surface area contributed by atoms with Crippen LogP contribution < -0.4 is 5.32 Å². The summed E-state index contributed by atoms with van der Waals surface area (Å²) in [5.74, 6) is 0.0756. The molecule has 1 unspecified atom stereocenters. The molecular weight excluding hydrogens is 302 g/mol. The van der Waals surface area contributed by atoms with Gasteiger partial charge in [0.05, 0.1) is 7.11 Å². The molecule has 0 heterocycles. The van der Waals surface area contributed by atoms with E-state index in [0.29, 0.717) is 12.3 Å². The van der Waals surface area contributed by atoms with Crippen molar-refractivity contribution in [3.05, 3.63) is 12.2 Å². The smallest absolute Gasteiger partial charge is 0.408 e. The number of alkyl carbamates (subject to hydrolysis) is 1. The third kappa shape index (κ3) is 16.1. The monoisotopic (exact) mass is 329 g/mol. The first kappa shape index (κ1) is 23.1. The second-order valence-corrected chi connectivity index (χ2v) is 6.14. The van der Waals surface area contributed by atoms with E-state index in [1.165, 1.54) is 7.11 Å². The van der Waals surface area contributed by atoms with Crippen molar-refractivity contribution in [2.75, 3.05) is 7.11 Å². The Morgan fingerprint density at radius 1 is 1.13 bits per heavy atom. The van der Waals surface area contributed by atoms with E-state index in [-0.39, 0.29) is 6.15 Å². The van der Waals surface area contributed by atoms with E-state index in [2.05, 4.69) is 23.9 Å². The van der Waals surface area contributed by atoms with Crippen LogP contribution in [0.3, 0.4) is 0 Å². The molecule has 23 heavy (non-hydrogen) atoms. The molecule has 7 nitrogen and oxygen atoms in total. The molecule has 0 bridgehead atoms. The Balaban J connectivity index is 0. The van der Waals surface area contributed by atoms with Gasteiger partial charge in [0, 0.05) is 0 Å². The summed E-state index contributed by atoms with van der Waals surface area (Å²) >= 11 is 0. The Labute approximate surface area is 137 Å². The van der Waals surface area contributed by atoms with Crippen LogP contribution in [0.4, 0.5) is 4.79 Å². The van der Waals surface area contributed by atoms with Crippen LogP contribution in [0, 0.1) is 5.92 Å². The summed E-state index contributed by atoms with van der Waals surface area (Å²) < 4.78 is 9.80. The van der Waals surface area contributed by atoms with Gasteiger partial charge in [-0.15, -0.1) is 0 Å². The van der Waals surface area contributed by atoms with Gasteiger partial charge in [-0.25, -0.2) is 9.59 Å². The van der Waals surface area contributed by atoms with E-state index in [1.54, 1.807) is 20.8 Å². The third-order valence-electron chi connectivity index (χ3n) is 2.32. The largest absolute Gasteiger partial charge is 0.467 e. The van der Waals surface area contributed by atoms with Gasteiger partial charge in [0.2, 0.25) is 0 Å². The van der Waals surface area contributed by atoms with E-state index < -0.39 is 23.7 Å². The van der Waals surface area contributed by atoms with E-state index in [0.717, 1.165) is 6.42 Å². The molecule has 1 N–H and O–H groups in total. The number of nitrogens with one attached hydrogen (secondary N) is 1. The van der Waals surface area contributed by atoms with E-state index in [9.17, 15) is 9.59 Å². The van der Waals surface area contributed by atoms with Crippen LogP contribution in [0.15, 0.2) is 12.2 Å². The van der Waals surface area contributed by atoms with Gasteiger partial charge in [0.25, 0.3) is 0 Å². The van der Waals surface area contributed by atoms with Gasteiger partial charge >= 0.3 is 18.2 Å². The number of carbonyl (C=O) groups excluding carboxylic acids is 4. The highest BCUT2D eigenvalue weighted by atomic mass is 16.6. The molecule has 0 radical (unpaired) electrons. The van der Waals surface area contributed by atoms with Crippen LogP contribution in [0.25, 0.3) is 0 Å². The van der Waals surface area contributed by atoms with Gasteiger partial charge in [0.1, 0.15) is 11.6 Å². The number of methoxy groups -OCH3 is 1. The summed E-state index contributed by atoms with van der Waals surface area (Å²) in [7, 11) is 1.30. The zero-order valence-corrected chi connectivity index (χ0v) is 14.7. The van der Waals surface area contributed by atoms with Gasteiger partial charge in [-0.05, 0) is 39.5 Å². The van der Waals surface area contributed by atoms with Crippen molar-refractivity contribution in [3.63, 3.8) is 0 Å². The maximum atomic E-state index is 11.7. The molecule has 0 rings (SSSR count). The molecule has 7 heteroatoms. The second-order valence-electron chi connectivity index (χ2n) is 6.14. The van der Waals surface area contributed by atoms with Crippen LogP contribution in [-0.4, -0.2) is 37.0 Å². The summed E-state index contributed by atoms with van der Waals surface area (Å²) in [4.78, 5) is 39.5. The summed E-state index contributed by atoms with van der Waals surface area (Å²) in [5.41, 5.74) is -0.599. The van der Waals surface area contributed by atoms with Crippen LogP contribution in [-0.2, 0) is 23.9 Å². The number of amides is 1. The molecule has 0 saturated carbocycles. The fourth-order valence-corrected chi connectivity index (χ4v) is 1.41. The third-order valence-corrected chi connectivity index (χ3v) is 2.32. The Morgan fingerprint density at radius 2 is 1.61 bits per heavy atom. The fraction of sp³-hybridized carbons (Fsp3) is 0.688. The molecule has 0 aliphatic heterocycles. The highest BCUT2D eigenvalue weighted by molar-refractivity contribution is 5.81. The van der Waals surface area contributed by atoms with Crippen molar-refractivity contribution in [2.24, 2.45) is 5.92 Å². The minimum atomic E-state index is -0.724. The molecular formula is C16H27NO6. The molecule has 0 aromatic heterocycles. The number of allylic oxidation sites excluding steroid dienone is 1. The predicted molar refractivity (Wildman–Crippen MR) is 83.4 cm³/mol. The average Bonchev–Trinajstić information content (AvgIpc) is 2.39. The molecule has 1 atom stereocenters. The lowest BCUT2D eigenvalue weighted by atomic mass is 10.1. The zero-order valence-electron chi connectivity index (χ0n) is 14.7. The number of carbonyl (C=O) groups is 2. The molecule has 0 spiro atoms. The SMILES string of the molecule is COC(=O)C(C/C=C\CC(C)C)NC(=O)OC(C)(C)C.O=C=O. The first-order chi connectivity index (χ1) is 10.6. The molecule has 1 amide bonds. The summed E-state index contributed by atoms with van der Waals surface area (Å²) in [5, 5.41) is 2.53. The molecule has 0 fully saturated rings. The van der Waals surface area contributed by atoms with E-state index in [4.69, 9.17) is 14.3 Å².